The molecule has 0 aliphatic carbocycles. The molecule has 6 aromatic carbocycles. The Morgan fingerprint density at radius 1 is 0.310 bits per heavy atom. The molecule has 2 nitrogen and oxygen atoms in total. The van der Waals surface area contributed by atoms with Gasteiger partial charge in [0.1, 0.15) is 11.2 Å². The standard InChI is InChI=1S/2C19H15O.CH3.Al/c2*20-19(16-10-4-1-5-11-16,17-12-6-2-7-13-17)18-14-8-3-9-15-18;;/h2*1-15H;1H3;/q2*-1;;+2. The summed E-state index contributed by atoms with van der Waals surface area (Å²) in [6.07, 6.45) is 0. The molecule has 0 aromatic heterocycles. The molecular weight excluding hydrogens is 527 g/mol. The van der Waals surface area contributed by atoms with Crippen molar-refractivity contribution in [1.82, 2.24) is 0 Å². The first-order valence-electron chi connectivity index (χ1n) is 14.4. The Morgan fingerprint density at radius 2 is 0.476 bits per heavy atom. The molecule has 3 heteroatoms. The van der Waals surface area contributed by atoms with Gasteiger partial charge in [-0.3, -0.25) is 0 Å². The molecule has 0 N–H and O–H groups in total. The van der Waals surface area contributed by atoms with E-state index in [1.165, 1.54) is 0 Å². The van der Waals surface area contributed by atoms with Crippen LogP contribution in [0, 0.1) is 0 Å². The normalized spacial score (nSPS) is 11.6. The predicted octanol–water partition coefficient (Wildman–Crippen LogP) is 9.12. The van der Waals surface area contributed by atoms with Gasteiger partial charge in [0.15, 0.2) is 0 Å². The molecule has 0 unspecified atom stereocenters. The van der Waals surface area contributed by atoms with Crippen LogP contribution in [0.4, 0.5) is 0 Å². The minimum absolute atomic E-state index is 0.856. The third-order valence-corrected chi connectivity index (χ3v) is 9.14. The van der Waals surface area contributed by atoms with E-state index in [0.717, 1.165) is 33.4 Å². The van der Waals surface area contributed by atoms with Gasteiger partial charge in [0.25, 0.3) is 0 Å². The lowest BCUT2D eigenvalue weighted by molar-refractivity contribution is 0.0559. The SMILES string of the molecule is [CH3][Al]([O]C(c1ccccc1)(c1ccccc1)c1ccccc1)[O]C(c1ccccc1)(c1ccccc1)c1ccccc1. The maximum atomic E-state index is 7.43. The van der Waals surface area contributed by atoms with Gasteiger partial charge in [0, 0.05) is 0 Å². The number of hydrogen-bond donors (Lipinski definition) is 0. The van der Waals surface area contributed by atoms with E-state index >= 15 is 0 Å². The fourth-order valence-electron chi connectivity index (χ4n) is 5.97. The fraction of sp³-hybridized carbons (Fsp3) is 0.0769. The molecule has 6 aromatic rings. The summed E-state index contributed by atoms with van der Waals surface area (Å²) in [4.78, 5) is 0. The summed E-state index contributed by atoms with van der Waals surface area (Å²) in [5.74, 6) is 2.15. The highest BCUT2D eigenvalue weighted by atomic mass is 27.2. The zero-order valence-corrected chi connectivity index (χ0v) is 24.9. The Labute approximate surface area is 253 Å². The number of benzene rings is 6. The second kappa shape index (κ2) is 12.7. The lowest BCUT2D eigenvalue weighted by Gasteiger charge is -2.42. The first-order valence-corrected chi connectivity index (χ1v) is 16.5. The summed E-state index contributed by atoms with van der Waals surface area (Å²) < 4.78 is 14.9. The maximum absolute atomic E-state index is 7.43. The van der Waals surface area contributed by atoms with Crippen LogP contribution in [-0.2, 0) is 18.8 Å². The van der Waals surface area contributed by atoms with Crippen molar-refractivity contribution < 1.29 is 7.58 Å². The molecule has 0 saturated heterocycles. The van der Waals surface area contributed by atoms with Gasteiger partial charge in [0.2, 0.25) is 0 Å². The van der Waals surface area contributed by atoms with Gasteiger partial charge in [-0.2, -0.15) is 0 Å². The Bertz CT molecular complexity index is 1340. The minimum atomic E-state index is -2.47. The molecule has 0 saturated carbocycles. The van der Waals surface area contributed by atoms with Crippen molar-refractivity contribution >= 4 is 14.8 Å². The largest absolute Gasteiger partial charge is 0.673 e. The minimum Gasteiger partial charge on any atom is -0.463 e. The Morgan fingerprint density at radius 3 is 0.643 bits per heavy atom. The van der Waals surface area contributed by atoms with Crippen molar-refractivity contribution in [3.05, 3.63) is 215 Å². The number of rotatable bonds is 10. The van der Waals surface area contributed by atoms with Gasteiger partial charge in [-0.25, -0.2) is 0 Å². The van der Waals surface area contributed by atoms with Crippen LogP contribution < -0.4 is 0 Å². The Balaban J connectivity index is 1.54. The molecule has 204 valence electrons. The third kappa shape index (κ3) is 5.37. The first kappa shape index (κ1) is 27.9. The average molecular weight is 561 g/mol. The van der Waals surface area contributed by atoms with Gasteiger partial charge < -0.3 is 7.58 Å². The molecule has 0 spiro atoms. The van der Waals surface area contributed by atoms with E-state index in [9.17, 15) is 0 Å². The highest BCUT2D eigenvalue weighted by molar-refractivity contribution is 6.43. The highest BCUT2D eigenvalue weighted by Crippen LogP contribution is 2.45. The summed E-state index contributed by atoms with van der Waals surface area (Å²) >= 11 is -2.47. The van der Waals surface area contributed by atoms with Crippen molar-refractivity contribution in [3.63, 3.8) is 0 Å². The maximum Gasteiger partial charge on any atom is 0.673 e. The second-order valence-corrected chi connectivity index (χ2v) is 12.0. The molecule has 0 aliphatic heterocycles. The van der Waals surface area contributed by atoms with Crippen molar-refractivity contribution in [3.8, 4) is 0 Å². The topological polar surface area (TPSA) is 18.5 Å². The van der Waals surface area contributed by atoms with Crippen LogP contribution in [0.5, 0.6) is 0 Å². The predicted molar refractivity (Wildman–Crippen MR) is 172 cm³/mol. The molecular formula is C39H33AlO2. The van der Waals surface area contributed by atoms with Crippen LogP contribution in [0.1, 0.15) is 33.4 Å². The van der Waals surface area contributed by atoms with Crippen molar-refractivity contribution in [2.24, 2.45) is 0 Å². The molecule has 6 rings (SSSR count). The quantitative estimate of drug-likeness (QED) is 0.123. The van der Waals surface area contributed by atoms with Crippen LogP contribution in [0.2, 0.25) is 5.79 Å². The molecule has 0 radical (unpaired) electrons. The number of hydrogen-bond acceptors (Lipinski definition) is 2. The van der Waals surface area contributed by atoms with E-state index in [1.54, 1.807) is 0 Å². The van der Waals surface area contributed by atoms with E-state index < -0.39 is 26.0 Å². The highest BCUT2D eigenvalue weighted by Gasteiger charge is 2.46. The lowest BCUT2D eigenvalue weighted by atomic mass is 9.80. The van der Waals surface area contributed by atoms with Crippen molar-refractivity contribution in [2.75, 3.05) is 0 Å². The van der Waals surface area contributed by atoms with Crippen LogP contribution in [0.15, 0.2) is 182 Å². The molecule has 42 heavy (non-hydrogen) atoms. The van der Waals surface area contributed by atoms with Crippen LogP contribution in [-0.4, -0.2) is 14.8 Å². The summed E-state index contributed by atoms with van der Waals surface area (Å²) in [5, 5.41) is 0. The molecule has 0 aliphatic rings. The first-order chi connectivity index (χ1) is 20.7. The molecule has 0 fully saturated rings. The van der Waals surface area contributed by atoms with E-state index in [2.05, 4.69) is 151 Å². The smallest absolute Gasteiger partial charge is 0.463 e. The van der Waals surface area contributed by atoms with Gasteiger partial charge in [-0.1, -0.05) is 188 Å². The molecule has 0 heterocycles. The van der Waals surface area contributed by atoms with E-state index in [-0.39, 0.29) is 0 Å². The van der Waals surface area contributed by atoms with Crippen molar-refractivity contribution in [1.29, 1.82) is 0 Å². The fourth-order valence-corrected chi connectivity index (χ4v) is 7.83. The van der Waals surface area contributed by atoms with Crippen LogP contribution in [0.25, 0.3) is 0 Å². The summed E-state index contributed by atoms with van der Waals surface area (Å²) in [7, 11) is 0. The van der Waals surface area contributed by atoms with Gasteiger partial charge in [-0.15, -0.1) is 0 Å². The van der Waals surface area contributed by atoms with Gasteiger partial charge >= 0.3 is 14.8 Å². The average Bonchev–Trinajstić information content (AvgIpc) is 3.08. The zero-order chi connectivity index (χ0) is 28.7. The zero-order valence-electron chi connectivity index (χ0n) is 23.7. The summed E-state index contributed by atoms with van der Waals surface area (Å²) in [6, 6.07) is 63.1. The third-order valence-electron chi connectivity index (χ3n) is 7.77. The molecule has 0 atom stereocenters. The van der Waals surface area contributed by atoms with E-state index in [0.29, 0.717) is 0 Å². The molecule has 0 bridgehead atoms. The van der Waals surface area contributed by atoms with Gasteiger partial charge in [-0.05, 0) is 33.4 Å². The van der Waals surface area contributed by atoms with Crippen LogP contribution in [0.3, 0.4) is 0 Å². The monoisotopic (exact) mass is 560 g/mol. The summed E-state index contributed by atoms with van der Waals surface area (Å²) in [5.41, 5.74) is 4.68. The van der Waals surface area contributed by atoms with E-state index in [1.807, 2.05) is 36.4 Å². The van der Waals surface area contributed by atoms with E-state index in [4.69, 9.17) is 7.58 Å². The summed E-state index contributed by atoms with van der Waals surface area (Å²) in [6.45, 7) is 0. The van der Waals surface area contributed by atoms with Crippen molar-refractivity contribution in [2.45, 2.75) is 17.0 Å². The second-order valence-electron chi connectivity index (χ2n) is 10.4. The van der Waals surface area contributed by atoms with Crippen LogP contribution >= 0.6 is 0 Å². The van der Waals surface area contributed by atoms with Gasteiger partial charge in [0.05, 0.1) is 0 Å². The Hall–Kier alpha value is -4.23. The lowest BCUT2D eigenvalue weighted by Crippen LogP contribution is -2.44. The molecule has 0 amide bonds. The Kier molecular flexibility index (Phi) is 8.47.